The molecular weight excluding hydrogens is 636 g/mol. The molecule has 258 valence electrons. The molecular formula is C38H40N6O6. The molecule has 12 heteroatoms. The largest absolute Gasteiger partial charge is 0.505 e. The molecule has 4 N–H and O–H groups in total. The van der Waals surface area contributed by atoms with Crippen molar-refractivity contribution in [1.29, 1.82) is 0 Å². The van der Waals surface area contributed by atoms with Gasteiger partial charge in [-0.05, 0) is 83.3 Å². The van der Waals surface area contributed by atoms with Crippen molar-refractivity contribution < 1.29 is 30.0 Å². The summed E-state index contributed by atoms with van der Waals surface area (Å²) in [4.78, 5) is 28.0. The Labute approximate surface area is 288 Å². The second kappa shape index (κ2) is 14.0. The van der Waals surface area contributed by atoms with E-state index in [9.17, 15) is 30.0 Å². The number of phenolic OH excluding ortho intramolecular Hbond substituents is 2. The summed E-state index contributed by atoms with van der Waals surface area (Å²) < 4.78 is 0. The molecule has 4 aromatic carbocycles. The number of aromatic hydroxyl groups is 2. The molecule has 2 heterocycles. The first-order valence-electron chi connectivity index (χ1n) is 16.8. The molecule has 50 heavy (non-hydrogen) atoms. The van der Waals surface area contributed by atoms with Crippen LogP contribution in [0.15, 0.2) is 72.8 Å². The van der Waals surface area contributed by atoms with Crippen molar-refractivity contribution >= 4 is 34.0 Å². The van der Waals surface area contributed by atoms with Crippen molar-refractivity contribution in [3.63, 3.8) is 0 Å². The lowest BCUT2D eigenvalue weighted by Gasteiger charge is -2.20. The molecule has 6 aromatic rings. The highest BCUT2D eigenvalue weighted by molar-refractivity contribution is 5.79. The number of rotatable bonds is 13. The number of fused-ring (bicyclic) bond motifs is 2. The standard InChI is InChI=1S/C38H40N6O6/c1-21(2)27-17-23(19-33(35(27)45)43-39-29-13-7-8-14-30(29)40-43)25(37(47)48)11-5-6-12-26(38(49)50)24-18-28(22(3)4)36(46)34(20-24)44-41-31-15-9-10-16-32(31)42-44/h7-10,13-22,25-26,45-46H,5-6,11-12H2,1-4H3,(H,47,48)(H,49,50). The number of hydrogen-bond acceptors (Lipinski definition) is 8. The van der Waals surface area contributed by atoms with Crippen LogP contribution < -0.4 is 0 Å². The molecule has 0 amide bonds. The first-order chi connectivity index (χ1) is 23.9. The van der Waals surface area contributed by atoms with Gasteiger partial charge >= 0.3 is 11.9 Å². The quantitative estimate of drug-likeness (QED) is 0.0901. The average Bonchev–Trinajstić information content (AvgIpc) is 3.71. The van der Waals surface area contributed by atoms with Crippen molar-refractivity contribution in [2.75, 3.05) is 0 Å². The number of hydrogen-bond donors (Lipinski definition) is 4. The number of aliphatic carboxylic acids is 2. The highest BCUT2D eigenvalue weighted by atomic mass is 16.4. The summed E-state index contributed by atoms with van der Waals surface area (Å²) >= 11 is 0. The molecule has 0 aliphatic heterocycles. The first kappa shape index (κ1) is 34.1. The number of carboxylic acid groups (broad SMARTS) is 2. The van der Waals surface area contributed by atoms with E-state index >= 15 is 0 Å². The number of unbranched alkanes of at least 4 members (excludes halogenated alkanes) is 1. The maximum Gasteiger partial charge on any atom is 0.310 e. The van der Waals surface area contributed by atoms with E-state index in [4.69, 9.17) is 0 Å². The van der Waals surface area contributed by atoms with E-state index in [0.29, 0.717) is 68.5 Å². The normalized spacial score (nSPS) is 13.0. The Balaban J connectivity index is 1.25. The van der Waals surface area contributed by atoms with Crippen LogP contribution in [0.3, 0.4) is 0 Å². The molecule has 0 bridgehead atoms. The van der Waals surface area contributed by atoms with Gasteiger partial charge in [-0.1, -0.05) is 76.9 Å². The summed E-state index contributed by atoms with van der Waals surface area (Å²) in [5, 5.41) is 61.1. The van der Waals surface area contributed by atoms with Crippen molar-refractivity contribution in [2.24, 2.45) is 0 Å². The van der Waals surface area contributed by atoms with E-state index in [1.807, 2.05) is 76.2 Å². The molecule has 2 aromatic heterocycles. The highest BCUT2D eigenvalue weighted by Gasteiger charge is 2.27. The van der Waals surface area contributed by atoms with Gasteiger partial charge in [0.2, 0.25) is 0 Å². The fraction of sp³-hybridized carbons (Fsp3) is 0.316. The molecule has 0 aliphatic carbocycles. The Hall–Kier alpha value is -5.78. The van der Waals surface area contributed by atoms with E-state index in [0.717, 1.165) is 0 Å². The van der Waals surface area contributed by atoms with Gasteiger partial charge in [-0.2, -0.15) is 0 Å². The second-order valence-corrected chi connectivity index (χ2v) is 13.3. The van der Waals surface area contributed by atoms with Crippen molar-refractivity contribution in [1.82, 2.24) is 30.0 Å². The minimum Gasteiger partial charge on any atom is -0.505 e. The number of phenols is 2. The zero-order valence-electron chi connectivity index (χ0n) is 28.4. The van der Waals surface area contributed by atoms with Crippen molar-refractivity contribution in [2.45, 2.75) is 77.0 Å². The summed E-state index contributed by atoms with van der Waals surface area (Å²) in [6.45, 7) is 7.67. The summed E-state index contributed by atoms with van der Waals surface area (Å²) in [5.74, 6) is -4.09. The topological polar surface area (TPSA) is 176 Å². The summed E-state index contributed by atoms with van der Waals surface area (Å²) in [7, 11) is 0. The van der Waals surface area contributed by atoms with Crippen LogP contribution >= 0.6 is 0 Å². The van der Waals surface area contributed by atoms with Crippen LogP contribution in [0.5, 0.6) is 11.5 Å². The van der Waals surface area contributed by atoms with E-state index in [-0.39, 0.29) is 36.2 Å². The third kappa shape index (κ3) is 6.73. The minimum absolute atomic E-state index is 0.00932. The summed E-state index contributed by atoms with van der Waals surface area (Å²) in [6.07, 6.45) is 1.37. The van der Waals surface area contributed by atoms with Crippen LogP contribution in [0.1, 0.15) is 99.3 Å². The first-order valence-corrected chi connectivity index (χ1v) is 16.8. The van der Waals surface area contributed by atoms with Crippen LogP contribution in [-0.4, -0.2) is 62.4 Å². The molecule has 2 unspecified atom stereocenters. The maximum absolute atomic E-state index is 12.7. The van der Waals surface area contributed by atoms with Gasteiger partial charge in [-0.15, -0.1) is 30.0 Å². The Morgan fingerprint density at radius 1 is 0.580 bits per heavy atom. The number of benzene rings is 4. The van der Waals surface area contributed by atoms with Gasteiger partial charge in [0.25, 0.3) is 0 Å². The molecule has 0 saturated carbocycles. The second-order valence-electron chi connectivity index (χ2n) is 13.3. The Kier molecular flexibility index (Phi) is 9.54. The van der Waals surface area contributed by atoms with E-state index in [1.54, 1.807) is 24.3 Å². The smallest absolute Gasteiger partial charge is 0.310 e. The molecule has 0 saturated heterocycles. The van der Waals surface area contributed by atoms with Gasteiger partial charge in [0.15, 0.2) is 0 Å². The zero-order chi connectivity index (χ0) is 35.7. The fourth-order valence-corrected chi connectivity index (χ4v) is 6.41. The SMILES string of the molecule is CC(C)c1cc(C(CCCCC(C(=O)O)c2cc(C(C)C)c(O)c(-n3nc4ccccc4n3)c2)C(=O)O)cc(-n2nc3ccccc3n2)c1O. The van der Waals surface area contributed by atoms with Crippen molar-refractivity contribution in [3.8, 4) is 22.9 Å². The number of aromatic nitrogens is 6. The lowest BCUT2D eigenvalue weighted by atomic mass is 9.86. The Morgan fingerprint density at radius 2 is 0.900 bits per heavy atom. The minimum atomic E-state index is -1.02. The van der Waals surface area contributed by atoms with Gasteiger partial charge in [0, 0.05) is 0 Å². The predicted octanol–water partition coefficient (Wildman–Crippen LogP) is 7.41. The van der Waals surface area contributed by atoms with Crippen LogP contribution in [0, 0.1) is 0 Å². The van der Waals surface area contributed by atoms with Gasteiger partial charge in [0.05, 0.1) is 11.8 Å². The molecule has 0 spiro atoms. The lowest BCUT2D eigenvalue weighted by molar-refractivity contribution is -0.140. The Morgan fingerprint density at radius 3 is 1.18 bits per heavy atom. The van der Waals surface area contributed by atoms with E-state index in [1.165, 1.54) is 9.59 Å². The van der Waals surface area contributed by atoms with Crippen LogP contribution in [0.25, 0.3) is 33.4 Å². The fourth-order valence-electron chi connectivity index (χ4n) is 6.41. The van der Waals surface area contributed by atoms with Crippen LogP contribution in [0.2, 0.25) is 0 Å². The summed E-state index contributed by atoms with van der Waals surface area (Å²) in [5.41, 5.74) is 5.33. The molecule has 2 atom stereocenters. The molecule has 6 rings (SSSR count). The lowest BCUT2D eigenvalue weighted by Crippen LogP contribution is -2.15. The number of carbonyl (C=O) groups is 2. The zero-order valence-corrected chi connectivity index (χ0v) is 28.4. The molecule has 0 radical (unpaired) electrons. The van der Waals surface area contributed by atoms with E-state index < -0.39 is 23.8 Å². The molecule has 0 fully saturated rings. The molecule has 0 aliphatic rings. The third-order valence-corrected chi connectivity index (χ3v) is 9.17. The number of nitrogens with zero attached hydrogens (tertiary/aromatic N) is 6. The van der Waals surface area contributed by atoms with Crippen LogP contribution in [0.4, 0.5) is 0 Å². The monoisotopic (exact) mass is 676 g/mol. The van der Waals surface area contributed by atoms with Gasteiger partial charge in [-0.3, -0.25) is 9.59 Å². The summed E-state index contributed by atoms with van der Waals surface area (Å²) in [6, 6.07) is 21.3. The van der Waals surface area contributed by atoms with Crippen molar-refractivity contribution in [3.05, 3.63) is 95.1 Å². The molecule has 12 nitrogen and oxygen atoms in total. The highest BCUT2D eigenvalue weighted by Crippen LogP contribution is 2.39. The van der Waals surface area contributed by atoms with Gasteiger partial charge < -0.3 is 20.4 Å². The number of carboxylic acids is 2. The maximum atomic E-state index is 12.7. The third-order valence-electron chi connectivity index (χ3n) is 9.17. The average molecular weight is 677 g/mol. The predicted molar refractivity (Wildman–Crippen MR) is 188 cm³/mol. The van der Waals surface area contributed by atoms with Crippen LogP contribution in [-0.2, 0) is 9.59 Å². The van der Waals surface area contributed by atoms with E-state index in [2.05, 4.69) is 20.4 Å². The van der Waals surface area contributed by atoms with Gasteiger partial charge in [-0.25, -0.2) is 0 Å². The Bertz CT molecular complexity index is 1980. The van der Waals surface area contributed by atoms with Gasteiger partial charge in [0.1, 0.15) is 44.9 Å².